The standard InChI is InChI=1S/C7H6Cl2O2S.C7H5N.Cl2O2S/c1-5-2-3-6(4-7(5)8)12(9,10)11;8-6-7-4-2-1-3-5-7;1-5(2,3)4/h2-4H,1H3;1-5H;. The normalized spacial score (nSPS) is 10.4. The molecule has 0 atom stereocenters. The van der Waals surface area contributed by atoms with Crippen molar-refractivity contribution in [2.75, 3.05) is 0 Å². The van der Waals surface area contributed by atoms with Crippen molar-refractivity contribution in [3.63, 3.8) is 0 Å². The maximum absolute atomic E-state index is 10.8. The van der Waals surface area contributed by atoms with Crippen molar-refractivity contribution in [1.82, 2.24) is 0 Å². The summed E-state index contributed by atoms with van der Waals surface area (Å²) in [6, 6.07) is 15.5. The van der Waals surface area contributed by atoms with Crippen molar-refractivity contribution in [2.45, 2.75) is 11.8 Å². The number of nitriles is 1. The molecule has 0 spiro atoms. The fourth-order valence-corrected chi connectivity index (χ4v) is 2.26. The number of benzene rings is 2. The lowest BCUT2D eigenvalue weighted by Crippen LogP contribution is -1.90. The molecule has 0 aliphatic heterocycles. The van der Waals surface area contributed by atoms with Crippen molar-refractivity contribution in [2.24, 2.45) is 0 Å². The van der Waals surface area contributed by atoms with Gasteiger partial charge in [-0.15, -0.1) is 0 Å². The Balaban J connectivity index is 0.000000382. The second-order valence-electron chi connectivity index (χ2n) is 4.21. The highest BCUT2D eigenvalue weighted by molar-refractivity contribution is 8.31. The Bertz CT molecular complexity index is 933. The molecule has 11 heteroatoms. The van der Waals surface area contributed by atoms with Crippen molar-refractivity contribution in [1.29, 1.82) is 5.26 Å². The fraction of sp³-hybridized carbons (Fsp3) is 0.0714. The van der Waals surface area contributed by atoms with Crippen LogP contribution in [0.2, 0.25) is 5.02 Å². The van der Waals surface area contributed by atoms with Gasteiger partial charge in [0, 0.05) is 37.1 Å². The first kappa shape index (κ1) is 24.0. The number of halogens is 4. The molecule has 0 aliphatic rings. The fourth-order valence-electron chi connectivity index (χ4n) is 1.24. The molecule has 0 aromatic heterocycles. The topological polar surface area (TPSA) is 92.1 Å². The second kappa shape index (κ2) is 10.9. The molecule has 0 heterocycles. The Kier molecular flexibility index (Phi) is 10.4. The Labute approximate surface area is 165 Å². The van der Waals surface area contributed by atoms with Gasteiger partial charge in [0.25, 0.3) is 9.05 Å². The summed E-state index contributed by atoms with van der Waals surface area (Å²) >= 11 is 5.70. The van der Waals surface area contributed by atoms with E-state index >= 15 is 0 Å². The number of hydrogen-bond donors (Lipinski definition) is 0. The first-order valence-electron chi connectivity index (χ1n) is 6.15. The van der Waals surface area contributed by atoms with Gasteiger partial charge in [0.15, 0.2) is 0 Å². The van der Waals surface area contributed by atoms with Gasteiger partial charge in [-0.2, -0.15) is 13.7 Å². The molecule has 2 aromatic carbocycles. The van der Waals surface area contributed by atoms with Crippen LogP contribution in [0.25, 0.3) is 0 Å². The lowest BCUT2D eigenvalue weighted by atomic mass is 10.2. The zero-order valence-electron chi connectivity index (χ0n) is 12.5. The zero-order chi connectivity index (χ0) is 19.7. The third-order valence-electron chi connectivity index (χ3n) is 2.33. The molecule has 5 nitrogen and oxygen atoms in total. The average Bonchev–Trinajstić information content (AvgIpc) is 2.49. The van der Waals surface area contributed by atoms with E-state index in [0.717, 1.165) is 5.56 Å². The molecule has 2 rings (SSSR count). The van der Waals surface area contributed by atoms with Crippen LogP contribution in [0.5, 0.6) is 0 Å². The van der Waals surface area contributed by atoms with Crippen LogP contribution < -0.4 is 0 Å². The minimum absolute atomic E-state index is 0.0276. The summed E-state index contributed by atoms with van der Waals surface area (Å²) in [6.07, 6.45) is 0. The maximum atomic E-state index is 10.8. The summed E-state index contributed by atoms with van der Waals surface area (Å²) in [4.78, 5) is 0.0276. The van der Waals surface area contributed by atoms with Gasteiger partial charge in [-0.1, -0.05) is 35.9 Å². The van der Waals surface area contributed by atoms with Crippen LogP contribution in [0.4, 0.5) is 0 Å². The molecular weight excluding hydrogens is 452 g/mol. The Hall–Kier alpha value is -1.01. The highest BCUT2D eigenvalue weighted by atomic mass is 36.0. The number of rotatable bonds is 1. The predicted octanol–water partition coefficient (Wildman–Crippen LogP) is 4.84. The molecule has 0 bridgehead atoms. The van der Waals surface area contributed by atoms with Gasteiger partial charge in [0.2, 0.25) is 0 Å². The van der Waals surface area contributed by atoms with E-state index in [0.29, 0.717) is 10.6 Å². The van der Waals surface area contributed by atoms with Crippen LogP contribution in [0.15, 0.2) is 53.4 Å². The summed E-state index contributed by atoms with van der Waals surface area (Å²) in [5, 5.41) is 8.69. The van der Waals surface area contributed by atoms with Crippen LogP contribution in [0, 0.1) is 18.3 Å². The van der Waals surface area contributed by atoms with E-state index in [1.807, 2.05) is 24.3 Å². The molecule has 0 saturated carbocycles. The van der Waals surface area contributed by atoms with Crippen molar-refractivity contribution >= 4 is 61.0 Å². The SMILES string of the molecule is Cc1ccc(S(=O)(=O)Cl)cc1Cl.N#Cc1ccccc1.O=S(=O)(Cl)Cl. The molecule has 0 N–H and O–H groups in total. The largest absolute Gasteiger partial charge is 0.317 e. The summed E-state index contributed by atoms with van der Waals surface area (Å²) in [5.41, 5.74) is 1.54. The number of aryl methyl sites for hydroxylation is 1. The van der Waals surface area contributed by atoms with Gasteiger partial charge < -0.3 is 0 Å². The van der Waals surface area contributed by atoms with Gasteiger partial charge in [-0.05, 0) is 36.8 Å². The van der Waals surface area contributed by atoms with Gasteiger partial charge in [-0.3, -0.25) is 0 Å². The van der Waals surface area contributed by atoms with Gasteiger partial charge in [-0.25, -0.2) is 8.42 Å². The van der Waals surface area contributed by atoms with Crippen molar-refractivity contribution in [3.8, 4) is 6.07 Å². The molecular formula is C14H11Cl4NO4S2. The van der Waals surface area contributed by atoms with E-state index in [4.69, 9.17) is 36.0 Å². The Morgan fingerprint density at radius 3 is 1.72 bits per heavy atom. The van der Waals surface area contributed by atoms with Crippen LogP contribution in [0.3, 0.4) is 0 Å². The molecule has 2 aromatic rings. The Morgan fingerprint density at radius 1 is 0.920 bits per heavy atom. The molecule has 0 aliphatic carbocycles. The quantitative estimate of drug-likeness (QED) is 0.565. The highest BCUT2D eigenvalue weighted by Gasteiger charge is 2.10. The van der Waals surface area contributed by atoms with Crippen LogP contribution in [-0.2, 0) is 17.3 Å². The van der Waals surface area contributed by atoms with Crippen molar-refractivity contribution in [3.05, 3.63) is 64.7 Å². The molecule has 0 radical (unpaired) electrons. The molecule has 0 fully saturated rings. The third kappa shape index (κ3) is 12.9. The summed E-state index contributed by atoms with van der Waals surface area (Å²) in [6.45, 7) is 1.78. The molecule has 0 saturated heterocycles. The smallest absolute Gasteiger partial charge is 0.207 e. The third-order valence-corrected chi connectivity index (χ3v) is 4.09. The van der Waals surface area contributed by atoms with Crippen LogP contribution >= 0.6 is 43.6 Å². The summed E-state index contributed by atoms with van der Waals surface area (Å²) < 4.78 is 39.9. The number of nitrogens with zero attached hydrogens (tertiary/aromatic N) is 1. The molecule has 136 valence electrons. The highest BCUT2D eigenvalue weighted by Crippen LogP contribution is 2.22. The monoisotopic (exact) mass is 461 g/mol. The minimum Gasteiger partial charge on any atom is -0.207 e. The molecule has 0 unspecified atom stereocenters. The lowest BCUT2D eigenvalue weighted by Gasteiger charge is -1.99. The van der Waals surface area contributed by atoms with Crippen LogP contribution in [0.1, 0.15) is 11.1 Å². The van der Waals surface area contributed by atoms with E-state index in [2.05, 4.69) is 21.4 Å². The molecule has 25 heavy (non-hydrogen) atoms. The maximum Gasteiger partial charge on any atom is 0.317 e. The van der Waals surface area contributed by atoms with E-state index in [9.17, 15) is 8.42 Å². The van der Waals surface area contributed by atoms with Crippen LogP contribution in [-0.4, -0.2) is 16.8 Å². The predicted molar refractivity (Wildman–Crippen MR) is 101 cm³/mol. The van der Waals surface area contributed by atoms with E-state index in [1.54, 1.807) is 25.1 Å². The molecule has 0 amide bonds. The van der Waals surface area contributed by atoms with Gasteiger partial charge in [0.1, 0.15) is 0 Å². The summed E-state index contributed by atoms with van der Waals surface area (Å²) in [5.74, 6) is 0. The van der Waals surface area contributed by atoms with Gasteiger partial charge >= 0.3 is 8.26 Å². The minimum atomic E-state index is -3.72. The lowest BCUT2D eigenvalue weighted by molar-refractivity contribution is 0.609. The summed E-state index contributed by atoms with van der Waals surface area (Å²) in [7, 11) is 6.26. The first-order chi connectivity index (χ1) is 11.3. The number of hydrogen-bond acceptors (Lipinski definition) is 5. The zero-order valence-corrected chi connectivity index (χ0v) is 17.2. The van der Waals surface area contributed by atoms with E-state index in [1.165, 1.54) is 12.1 Å². The average molecular weight is 463 g/mol. The second-order valence-corrected chi connectivity index (χ2v) is 10.8. The first-order valence-corrected chi connectivity index (χ1v) is 12.0. The van der Waals surface area contributed by atoms with E-state index < -0.39 is 17.3 Å². The van der Waals surface area contributed by atoms with E-state index in [-0.39, 0.29) is 4.90 Å². The van der Waals surface area contributed by atoms with Crippen molar-refractivity contribution < 1.29 is 16.8 Å². The van der Waals surface area contributed by atoms with Gasteiger partial charge in [0.05, 0.1) is 16.5 Å². The Morgan fingerprint density at radius 2 is 1.40 bits per heavy atom.